The Bertz CT molecular complexity index is 1390. The van der Waals surface area contributed by atoms with Crippen LogP contribution in [0, 0.1) is 5.82 Å². The molecule has 8 heteroatoms. The van der Waals surface area contributed by atoms with Gasteiger partial charge in [0.2, 0.25) is 0 Å². The smallest absolute Gasteiger partial charge is 0.449 e. The number of halogens is 1. The van der Waals surface area contributed by atoms with Crippen LogP contribution in [-0.4, -0.2) is 43.9 Å². The maximum Gasteiger partial charge on any atom is 0.492 e. The highest BCUT2D eigenvalue weighted by molar-refractivity contribution is 6.56. The number of hydrogen-bond donors (Lipinski definition) is 1. The molecule has 0 unspecified atom stereocenters. The zero-order valence-corrected chi connectivity index (χ0v) is 22.5. The standard InChI is InChI=1S/C31H31BFNO5/c1-30(2)31(3,4)39-32(38-30)22(16-20-10-9-11-21(18-35)28(20)33)17-34-29(36)37-19-27-25-14-7-5-12-23(25)24-13-6-8-15-26(24)27/h5-16,18,27H,17,19H2,1-4H3,(H,34,36). The topological polar surface area (TPSA) is 73.9 Å². The number of aldehydes is 1. The van der Waals surface area contributed by atoms with E-state index < -0.39 is 30.2 Å². The summed E-state index contributed by atoms with van der Waals surface area (Å²) < 4.78 is 32.9. The third-order valence-electron chi connectivity index (χ3n) is 7.86. The summed E-state index contributed by atoms with van der Waals surface area (Å²) in [4.78, 5) is 24.1. The fourth-order valence-electron chi connectivity index (χ4n) is 4.99. The second-order valence-electron chi connectivity index (χ2n) is 10.9. The Labute approximate surface area is 228 Å². The molecule has 200 valence electrons. The Morgan fingerprint density at radius 1 is 0.923 bits per heavy atom. The molecule has 0 radical (unpaired) electrons. The number of benzene rings is 3. The fraction of sp³-hybridized carbons (Fsp3) is 0.290. The first-order valence-corrected chi connectivity index (χ1v) is 13.0. The summed E-state index contributed by atoms with van der Waals surface area (Å²) in [5.74, 6) is -0.718. The van der Waals surface area contributed by atoms with Crippen LogP contribution in [-0.2, 0) is 14.0 Å². The van der Waals surface area contributed by atoms with Crippen molar-refractivity contribution in [1.29, 1.82) is 0 Å². The van der Waals surface area contributed by atoms with Crippen molar-refractivity contribution in [3.05, 3.63) is 100 Å². The van der Waals surface area contributed by atoms with E-state index in [4.69, 9.17) is 14.0 Å². The molecule has 39 heavy (non-hydrogen) atoms. The second kappa shape index (κ2) is 10.4. The Hall–Kier alpha value is -3.75. The number of hydrogen-bond acceptors (Lipinski definition) is 5. The lowest BCUT2D eigenvalue weighted by Gasteiger charge is -2.32. The van der Waals surface area contributed by atoms with Crippen LogP contribution in [0.15, 0.2) is 72.2 Å². The number of amides is 1. The molecule has 1 amide bonds. The summed E-state index contributed by atoms with van der Waals surface area (Å²) in [6, 6.07) is 20.8. The number of carbonyl (C=O) groups excluding carboxylic acids is 2. The molecule has 1 N–H and O–H groups in total. The van der Waals surface area contributed by atoms with Gasteiger partial charge in [-0.2, -0.15) is 0 Å². The maximum atomic E-state index is 14.9. The van der Waals surface area contributed by atoms with E-state index in [0.29, 0.717) is 11.8 Å². The molecular weight excluding hydrogens is 496 g/mol. The van der Waals surface area contributed by atoms with Gasteiger partial charge in [0.05, 0.1) is 16.8 Å². The van der Waals surface area contributed by atoms with Crippen LogP contribution in [0.2, 0.25) is 0 Å². The average molecular weight is 527 g/mol. The van der Waals surface area contributed by atoms with Crippen molar-refractivity contribution in [2.45, 2.75) is 44.8 Å². The lowest BCUT2D eigenvalue weighted by Crippen LogP contribution is -2.41. The first-order valence-electron chi connectivity index (χ1n) is 13.0. The molecule has 1 aliphatic heterocycles. The molecule has 1 aliphatic carbocycles. The Morgan fingerprint density at radius 2 is 1.49 bits per heavy atom. The molecule has 0 atom stereocenters. The van der Waals surface area contributed by atoms with Gasteiger partial charge in [-0.05, 0) is 61.5 Å². The number of rotatable bonds is 7. The van der Waals surface area contributed by atoms with Crippen molar-refractivity contribution in [3.63, 3.8) is 0 Å². The van der Waals surface area contributed by atoms with Gasteiger partial charge in [-0.3, -0.25) is 4.79 Å². The van der Waals surface area contributed by atoms with Crippen LogP contribution in [0.25, 0.3) is 17.2 Å². The largest absolute Gasteiger partial charge is 0.492 e. The molecule has 2 aliphatic rings. The molecular formula is C31H31BFNO5. The van der Waals surface area contributed by atoms with Crippen molar-refractivity contribution in [2.24, 2.45) is 0 Å². The summed E-state index contributed by atoms with van der Waals surface area (Å²) in [6.07, 6.45) is 1.41. The maximum absolute atomic E-state index is 14.9. The average Bonchev–Trinajstić information content (AvgIpc) is 3.35. The number of alkyl carbamates (subject to hydrolysis) is 1. The van der Waals surface area contributed by atoms with E-state index in [1.807, 2.05) is 52.0 Å². The highest BCUT2D eigenvalue weighted by Crippen LogP contribution is 2.44. The lowest BCUT2D eigenvalue weighted by atomic mass is 9.77. The zero-order valence-electron chi connectivity index (χ0n) is 22.5. The summed E-state index contributed by atoms with van der Waals surface area (Å²) in [7, 11) is -0.830. The number of ether oxygens (including phenoxy) is 1. The van der Waals surface area contributed by atoms with E-state index >= 15 is 0 Å². The van der Waals surface area contributed by atoms with Crippen LogP contribution >= 0.6 is 0 Å². The Kier molecular flexibility index (Phi) is 7.18. The van der Waals surface area contributed by atoms with Gasteiger partial charge in [0.1, 0.15) is 12.4 Å². The third kappa shape index (κ3) is 5.14. The molecule has 0 spiro atoms. The zero-order chi connectivity index (χ0) is 27.8. The molecule has 6 nitrogen and oxygen atoms in total. The van der Waals surface area contributed by atoms with E-state index in [2.05, 4.69) is 29.6 Å². The van der Waals surface area contributed by atoms with Gasteiger partial charge in [0.15, 0.2) is 6.29 Å². The molecule has 0 aromatic heterocycles. The summed E-state index contributed by atoms with van der Waals surface area (Å²) in [5.41, 5.74) is 3.89. The van der Waals surface area contributed by atoms with E-state index in [0.717, 1.165) is 22.3 Å². The van der Waals surface area contributed by atoms with Gasteiger partial charge >= 0.3 is 13.2 Å². The Morgan fingerprint density at radius 3 is 2.08 bits per heavy atom. The highest BCUT2D eigenvalue weighted by Gasteiger charge is 2.52. The van der Waals surface area contributed by atoms with E-state index in [-0.39, 0.29) is 30.2 Å². The highest BCUT2D eigenvalue weighted by atomic mass is 19.1. The van der Waals surface area contributed by atoms with Gasteiger partial charge in [0.25, 0.3) is 0 Å². The predicted octanol–water partition coefficient (Wildman–Crippen LogP) is 6.19. The quantitative estimate of drug-likeness (QED) is 0.293. The predicted molar refractivity (Wildman–Crippen MR) is 149 cm³/mol. The minimum atomic E-state index is -0.830. The van der Waals surface area contributed by atoms with E-state index in [1.165, 1.54) is 6.07 Å². The number of fused-ring (bicyclic) bond motifs is 3. The molecule has 3 aromatic rings. The SMILES string of the molecule is CC1(C)OB(C(=Cc2cccc(C=O)c2F)CNC(=O)OCC2c3ccccc3-c3ccccc32)OC1(C)C. The third-order valence-corrected chi connectivity index (χ3v) is 7.86. The minimum Gasteiger partial charge on any atom is -0.449 e. The van der Waals surface area contributed by atoms with Crippen LogP contribution in [0.5, 0.6) is 0 Å². The van der Waals surface area contributed by atoms with Crippen LogP contribution in [0.3, 0.4) is 0 Å². The van der Waals surface area contributed by atoms with Gasteiger partial charge < -0.3 is 19.4 Å². The Balaban J connectivity index is 1.33. The molecule has 0 saturated carbocycles. The van der Waals surface area contributed by atoms with Gasteiger partial charge in [0, 0.05) is 18.0 Å². The van der Waals surface area contributed by atoms with Crippen molar-refractivity contribution in [1.82, 2.24) is 5.32 Å². The first-order chi connectivity index (χ1) is 18.6. The van der Waals surface area contributed by atoms with Crippen molar-refractivity contribution in [2.75, 3.05) is 13.2 Å². The van der Waals surface area contributed by atoms with E-state index in [1.54, 1.807) is 18.2 Å². The number of carbonyl (C=O) groups is 2. The van der Waals surface area contributed by atoms with E-state index in [9.17, 15) is 14.0 Å². The van der Waals surface area contributed by atoms with Crippen molar-refractivity contribution in [3.8, 4) is 11.1 Å². The van der Waals surface area contributed by atoms with Crippen LogP contribution < -0.4 is 5.32 Å². The molecule has 1 saturated heterocycles. The fourth-order valence-corrected chi connectivity index (χ4v) is 4.99. The van der Waals surface area contributed by atoms with Gasteiger partial charge in [-0.1, -0.05) is 66.7 Å². The van der Waals surface area contributed by atoms with Crippen LogP contribution in [0.4, 0.5) is 9.18 Å². The molecule has 3 aromatic carbocycles. The second-order valence-corrected chi connectivity index (χ2v) is 10.9. The lowest BCUT2D eigenvalue weighted by molar-refractivity contribution is 0.00578. The normalized spacial score (nSPS) is 17.5. The van der Waals surface area contributed by atoms with Crippen molar-refractivity contribution < 1.29 is 28.0 Å². The molecule has 1 fully saturated rings. The van der Waals surface area contributed by atoms with Gasteiger partial charge in [-0.15, -0.1) is 0 Å². The summed E-state index contributed by atoms with van der Waals surface area (Å²) in [5, 5.41) is 2.77. The van der Waals surface area contributed by atoms with Gasteiger partial charge in [-0.25, -0.2) is 9.18 Å². The molecule has 1 heterocycles. The number of nitrogens with one attached hydrogen (secondary N) is 1. The van der Waals surface area contributed by atoms with Crippen LogP contribution in [0.1, 0.15) is 60.7 Å². The first kappa shape index (κ1) is 26.8. The molecule has 0 bridgehead atoms. The summed E-state index contributed by atoms with van der Waals surface area (Å²) in [6.45, 7) is 7.83. The molecule has 5 rings (SSSR count). The monoisotopic (exact) mass is 527 g/mol. The minimum absolute atomic E-state index is 0.00173. The van der Waals surface area contributed by atoms with Crippen molar-refractivity contribution >= 4 is 25.6 Å². The summed E-state index contributed by atoms with van der Waals surface area (Å²) >= 11 is 0.